The molecule has 2 N–H and O–H groups in total. The van der Waals surface area contributed by atoms with E-state index in [-0.39, 0.29) is 30.4 Å². The molecule has 1 aliphatic heterocycles. The highest BCUT2D eigenvalue weighted by Crippen LogP contribution is 2.23. The fraction of sp³-hybridized carbons (Fsp3) is 0.385. The van der Waals surface area contributed by atoms with Crippen LogP contribution in [0.5, 0.6) is 0 Å². The summed E-state index contributed by atoms with van der Waals surface area (Å²) >= 11 is 0. The molecule has 1 unspecified atom stereocenters. The van der Waals surface area contributed by atoms with E-state index in [1.807, 2.05) is 0 Å². The molecule has 1 amide bonds. The van der Waals surface area contributed by atoms with Crippen molar-refractivity contribution in [2.45, 2.75) is 24.3 Å². The lowest BCUT2D eigenvalue weighted by Gasteiger charge is -2.13. The van der Waals surface area contributed by atoms with Crippen LogP contribution in [0.1, 0.15) is 13.3 Å². The number of amides is 1. The average molecular weight is 328 g/mol. The molecular weight excluding hydrogens is 312 g/mol. The van der Waals surface area contributed by atoms with E-state index < -0.39 is 22.2 Å². The number of anilines is 1. The van der Waals surface area contributed by atoms with Gasteiger partial charge < -0.3 is 9.47 Å². The third-order valence-corrected chi connectivity index (χ3v) is 4.00. The van der Waals surface area contributed by atoms with Crippen molar-refractivity contribution in [3.8, 4) is 0 Å². The molecule has 1 aliphatic rings. The molecule has 1 saturated heterocycles. The van der Waals surface area contributed by atoms with E-state index in [0.29, 0.717) is 5.69 Å². The Balaban J connectivity index is 2.04. The van der Waals surface area contributed by atoms with E-state index in [0.717, 1.165) is 0 Å². The summed E-state index contributed by atoms with van der Waals surface area (Å²) in [7, 11) is -3.78. The second-order valence-electron chi connectivity index (χ2n) is 4.69. The van der Waals surface area contributed by atoms with E-state index in [1.54, 1.807) is 6.92 Å². The van der Waals surface area contributed by atoms with Crippen LogP contribution in [0, 0.1) is 0 Å². The van der Waals surface area contributed by atoms with Crippen LogP contribution in [0.25, 0.3) is 0 Å². The molecule has 1 heterocycles. The molecule has 120 valence electrons. The number of rotatable bonds is 5. The van der Waals surface area contributed by atoms with Crippen molar-refractivity contribution in [2.75, 3.05) is 18.1 Å². The van der Waals surface area contributed by atoms with Crippen molar-refractivity contribution in [1.29, 1.82) is 0 Å². The van der Waals surface area contributed by atoms with Gasteiger partial charge in [-0.1, -0.05) is 6.92 Å². The smallest absolute Gasteiger partial charge is 0.414 e. The number of nitrogens with zero attached hydrogens (tertiary/aromatic N) is 1. The molecule has 1 atom stereocenters. The first kappa shape index (κ1) is 16.2. The molecule has 22 heavy (non-hydrogen) atoms. The zero-order chi connectivity index (χ0) is 16.3. The lowest BCUT2D eigenvalue weighted by Crippen LogP contribution is -2.26. The molecule has 2 rings (SSSR count). The van der Waals surface area contributed by atoms with Gasteiger partial charge >= 0.3 is 12.1 Å². The molecule has 0 aliphatic carbocycles. The molecule has 0 spiro atoms. The molecular formula is C13H16N2O6S. The highest BCUT2D eigenvalue weighted by molar-refractivity contribution is 7.89. The summed E-state index contributed by atoms with van der Waals surface area (Å²) in [6.07, 6.45) is -0.888. The Hall–Kier alpha value is -2.13. The van der Waals surface area contributed by atoms with Gasteiger partial charge in [0.05, 0.1) is 11.4 Å². The van der Waals surface area contributed by atoms with Crippen molar-refractivity contribution in [3.63, 3.8) is 0 Å². The van der Waals surface area contributed by atoms with Gasteiger partial charge in [-0.3, -0.25) is 9.69 Å². The Morgan fingerprint density at radius 1 is 1.41 bits per heavy atom. The van der Waals surface area contributed by atoms with Gasteiger partial charge in [0.15, 0.2) is 6.10 Å². The first-order chi connectivity index (χ1) is 10.3. The number of primary sulfonamides is 1. The quantitative estimate of drug-likeness (QED) is 0.792. The fourth-order valence-electron chi connectivity index (χ4n) is 1.92. The predicted molar refractivity (Wildman–Crippen MR) is 76.7 cm³/mol. The Kier molecular flexibility index (Phi) is 4.67. The maximum absolute atomic E-state index is 11.8. The molecule has 0 radical (unpaired) electrons. The fourth-order valence-corrected chi connectivity index (χ4v) is 2.44. The first-order valence-electron chi connectivity index (χ1n) is 6.58. The summed E-state index contributed by atoms with van der Waals surface area (Å²) in [6, 6.07) is 5.54. The zero-order valence-corrected chi connectivity index (χ0v) is 12.7. The minimum absolute atomic E-state index is 0.00975. The van der Waals surface area contributed by atoms with Crippen molar-refractivity contribution < 1.29 is 27.5 Å². The highest BCUT2D eigenvalue weighted by atomic mass is 32.2. The molecule has 0 saturated carbocycles. The van der Waals surface area contributed by atoms with Crippen molar-refractivity contribution in [1.82, 2.24) is 0 Å². The van der Waals surface area contributed by atoms with Gasteiger partial charge in [0.1, 0.15) is 6.61 Å². The number of sulfonamides is 1. The Morgan fingerprint density at radius 2 is 2.05 bits per heavy atom. The highest BCUT2D eigenvalue weighted by Gasteiger charge is 2.33. The molecule has 0 bridgehead atoms. The Bertz CT molecular complexity index is 670. The standard InChI is InChI=1S/C13H16N2O6S/c1-2-12(16)20-8-10-7-15(13(17)21-10)9-3-5-11(6-4-9)22(14,18)19/h3-6,10H,2,7-8H2,1H3,(H2,14,18,19). The van der Waals surface area contributed by atoms with Gasteiger partial charge in [0.2, 0.25) is 10.0 Å². The number of nitrogens with two attached hydrogens (primary N) is 1. The number of hydrogen-bond donors (Lipinski definition) is 1. The summed E-state index contributed by atoms with van der Waals surface area (Å²) in [6.45, 7) is 1.87. The molecule has 1 aromatic rings. The van der Waals surface area contributed by atoms with Gasteiger partial charge in [-0.2, -0.15) is 0 Å². The maximum Gasteiger partial charge on any atom is 0.414 e. The second-order valence-corrected chi connectivity index (χ2v) is 6.25. The minimum Gasteiger partial charge on any atom is -0.462 e. The number of carbonyl (C=O) groups is 2. The third-order valence-electron chi connectivity index (χ3n) is 3.07. The number of hydrogen-bond acceptors (Lipinski definition) is 6. The van der Waals surface area contributed by atoms with Gasteiger partial charge in [0.25, 0.3) is 0 Å². The van der Waals surface area contributed by atoms with Gasteiger partial charge in [0, 0.05) is 12.1 Å². The number of carbonyl (C=O) groups excluding carboxylic acids is 2. The van der Waals surface area contributed by atoms with Crippen molar-refractivity contribution >= 4 is 27.8 Å². The van der Waals surface area contributed by atoms with Crippen molar-refractivity contribution in [3.05, 3.63) is 24.3 Å². The summed E-state index contributed by atoms with van der Waals surface area (Å²) in [4.78, 5) is 24.2. The molecule has 1 fully saturated rings. The Morgan fingerprint density at radius 3 is 2.59 bits per heavy atom. The lowest BCUT2D eigenvalue weighted by atomic mass is 10.3. The van der Waals surface area contributed by atoms with Crippen LogP contribution in [-0.4, -0.2) is 39.7 Å². The van der Waals surface area contributed by atoms with Crippen LogP contribution in [-0.2, 0) is 24.3 Å². The second kappa shape index (κ2) is 6.32. The van der Waals surface area contributed by atoms with E-state index in [1.165, 1.54) is 29.2 Å². The largest absolute Gasteiger partial charge is 0.462 e. The number of benzene rings is 1. The molecule has 1 aromatic carbocycles. The number of cyclic esters (lactones) is 1. The number of ether oxygens (including phenoxy) is 2. The predicted octanol–water partition coefficient (Wildman–Crippen LogP) is 0.612. The van der Waals surface area contributed by atoms with Crippen LogP contribution < -0.4 is 10.0 Å². The molecule has 8 nitrogen and oxygen atoms in total. The van der Waals surface area contributed by atoms with Gasteiger partial charge in [-0.15, -0.1) is 0 Å². The minimum atomic E-state index is -3.78. The topological polar surface area (TPSA) is 116 Å². The maximum atomic E-state index is 11.8. The van der Waals surface area contributed by atoms with Gasteiger partial charge in [-0.25, -0.2) is 18.4 Å². The third kappa shape index (κ3) is 3.74. The van der Waals surface area contributed by atoms with Crippen LogP contribution in [0.3, 0.4) is 0 Å². The summed E-state index contributed by atoms with van der Waals surface area (Å²) in [5.41, 5.74) is 0.474. The summed E-state index contributed by atoms with van der Waals surface area (Å²) in [5.74, 6) is -0.369. The van der Waals surface area contributed by atoms with E-state index in [2.05, 4.69) is 0 Å². The van der Waals surface area contributed by atoms with E-state index in [9.17, 15) is 18.0 Å². The van der Waals surface area contributed by atoms with Crippen LogP contribution in [0.2, 0.25) is 0 Å². The average Bonchev–Trinajstić information content (AvgIpc) is 2.85. The zero-order valence-electron chi connectivity index (χ0n) is 11.9. The SMILES string of the molecule is CCC(=O)OCC1CN(c2ccc(S(N)(=O)=O)cc2)C(=O)O1. The lowest BCUT2D eigenvalue weighted by molar-refractivity contribution is -0.145. The summed E-state index contributed by atoms with van der Waals surface area (Å²) < 4.78 is 32.4. The normalized spacial score (nSPS) is 18.2. The van der Waals surface area contributed by atoms with Crippen LogP contribution in [0.15, 0.2) is 29.2 Å². The van der Waals surface area contributed by atoms with E-state index in [4.69, 9.17) is 14.6 Å². The van der Waals surface area contributed by atoms with E-state index >= 15 is 0 Å². The summed E-state index contributed by atoms with van der Waals surface area (Å²) in [5, 5.41) is 5.01. The molecule has 0 aromatic heterocycles. The number of esters is 1. The Labute approximate surface area is 127 Å². The molecule has 9 heteroatoms. The van der Waals surface area contributed by atoms with Crippen LogP contribution >= 0.6 is 0 Å². The monoisotopic (exact) mass is 328 g/mol. The van der Waals surface area contributed by atoms with Crippen LogP contribution in [0.4, 0.5) is 10.5 Å². The van der Waals surface area contributed by atoms with Crippen molar-refractivity contribution in [2.24, 2.45) is 5.14 Å². The van der Waals surface area contributed by atoms with Gasteiger partial charge in [-0.05, 0) is 24.3 Å². The first-order valence-corrected chi connectivity index (χ1v) is 8.12.